The van der Waals surface area contributed by atoms with Crippen molar-refractivity contribution >= 4 is 10.0 Å². The lowest BCUT2D eigenvalue weighted by molar-refractivity contribution is -0.458. The largest absolute Gasteiger partial charge is 0.460 e. The molecular weight excluding hydrogens is 595 g/mol. The molecule has 0 amide bonds. The second-order valence-electron chi connectivity index (χ2n) is 7.31. The Kier molecular flexibility index (Phi) is 9.66. The van der Waals surface area contributed by atoms with Crippen molar-refractivity contribution in [1.82, 2.24) is 9.21 Å². The van der Waals surface area contributed by atoms with Crippen molar-refractivity contribution in [3.8, 4) is 0 Å². The van der Waals surface area contributed by atoms with Crippen molar-refractivity contribution in [2.75, 3.05) is 33.2 Å². The van der Waals surface area contributed by atoms with E-state index in [4.69, 9.17) is 0 Å². The highest BCUT2D eigenvalue weighted by atomic mass is 32.2. The average Bonchev–Trinajstić information content (AvgIpc) is 2.72. The molecule has 0 rings (SSSR count). The lowest BCUT2D eigenvalue weighted by Gasteiger charge is -2.42. The van der Waals surface area contributed by atoms with Gasteiger partial charge in [0.1, 0.15) is 0 Å². The van der Waals surface area contributed by atoms with Crippen LogP contribution in [0.2, 0.25) is 0 Å². The van der Waals surface area contributed by atoms with Gasteiger partial charge in [-0.2, -0.15) is 78.9 Å². The fraction of sp³-hybridized carbons (Fsp3) is 1.00. The number of sulfonamides is 1. The Balaban J connectivity index is 6.76. The van der Waals surface area contributed by atoms with Crippen molar-refractivity contribution in [3.05, 3.63) is 0 Å². The number of alkyl halides is 17. The van der Waals surface area contributed by atoms with Crippen LogP contribution in [0.25, 0.3) is 0 Å². The third-order valence-corrected chi connectivity index (χ3v) is 6.96. The quantitative estimate of drug-likeness (QED) is 0.256. The molecule has 0 saturated heterocycles. The maximum atomic E-state index is 14.1. The summed E-state index contributed by atoms with van der Waals surface area (Å²) in [7, 11) is -7.22. The summed E-state index contributed by atoms with van der Waals surface area (Å²) in [6.45, 7) is 1.18. The Hall–Kier alpha value is -1.32. The monoisotopic (exact) mass is 612 g/mol. The second kappa shape index (κ2) is 10.0. The van der Waals surface area contributed by atoms with Crippen molar-refractivity contribution in [3.63, 3.8) is 0 Å². The van der Waals surface area contributed by atoms with Crippen LogP contribution in [0.5, 0.6) is 0 Å². The molecule has 0 unspecified atom stereocenters. The maximum Gasteiger partial charge on any atom is 0.460 e. The van der Waals surface area contributed by atoms with Crippen LogP contribution < -0.4 is 0 Å². The van der Waals surface area contributed by atoms with E-state index in [1.807, 2.05) is 0 Å². The van der Waals surface area contributed by atoms with Crippen LogP contribution in [-0.4, -0.2) is 97.8 Å². The number of hydrogen-bond donors (Lipinski definition) is 0. The minimum atomic E-state index is -8.83. The number of nitrogens with zero attached hydrogens (tertiary/aromatic N) is 2. The van der Waals surface area contributed by atoms with Crippen molar-refractivity contribution in [2.24, 2.45) is 0 Å². The highest BCUT2D eigenvalue weighted by Crippen LogP contribution is 2.64. The molecule has 0 saturated carbocycles. The molecule has 0 N–H and O–H groups in total. The van der Waals surface area contributed by atoms with Gasteiger partial charge in [0.2, 0.25) is 0 Å². The molecule has 0 aliphatic rings. The van der Waals surface area contributed by atoms with Gasteiger partial charge >= 0.3 is 47.0 Å². The summed E-state index contributed by atoms with van der Waals surface area (Å²) in [6.07, 6.45) is -7.87. The van der Waals surface area contributed by atoms with Crippen molar-refractivity contribution in [2.45, 2.75) is 60.8 Å². The van der Waals surface area contributed by atoms with Gasteiger partial charge in [-0.3, -0.25) is 0 Å². The topological polar surface area (TPSA) is 40.6 Å². The predicted octanol–water partition coefficient (Wildman–Crippen LogP) is 5.56. The summed E-state index contributed by atoms with van der Waals surface area (Å²) < 4.78 is 249. The lowest BCUT2D eigenvalue weighted by atomic mass is 9.91. The van der Waals surface area contributed by atoms with Gasteiger partial charge in [0, 0.05) is 20.1 Å². The summed E-state index contributed by atoms with van der Waals surface area (Å²) in [5.74, 6) is -51.6. The zero-order valence-corrected chi connectivity index (χ0v) is 19.2. The Morgan fingerprint density at radius 3 is 1.11 bits per heavy atom. The fourth-order valence-corrected chi connectivity index (χ4v) is 3.62. The molecule has 224 valence electrons. The maximum absolute atomic E-state index is 14.1. The van der Waals surface area contributed by atoms with Gasteiger partial charge in [-0.15, -0.1) is 0 Å². The van der Waals surface area contributed by atoms with Crippen LogP contribution in [0.3, 0.4) is 0 Å². The SMILES string of the molecule is CCN(CC)CCN(C)S(=O)(=O)C(F)(F)C(F)(F)C(F)(F)C(F)(F)C(F)(F)C(F)(F)C(F)(F)C(F)(F)F. The molecular formula is C15H17F17N2O2S. The van der Waals surface area contributed by atoms with Gasteiger partial charge < -0.3 is 4.90 Å². The third kappa shape index (κ3) is 5.05. The van der Waals surface area contributed by atoms with E-state index in [0.717, 1.165) is 0 Å². The van der Waals surface area contributed by atoms with Crippen LogP contribution in [0.15, 0.2) is 0 Å². The third-order valence-electron chi connectivity index (χ3n) is 5.05. The standard InChI is InChI=1S/C15H17F17N2O2S/c1-4-34(5-2)7-6-33(3)37(35,36)15(31,32)13(26,27)11(22,23)9(18,19)8(16,17)10(20,21)12(24,25)14(28,29)30/h4-7H2,1-3H3. The second-order valence-corrected chi connectivity index (χ2v) is 9.40. The normalized spacial score (nSPS) is 16.2. The minimum absolute atomic E-state index is 0.0196. The fourth-order valence-electron chi connectivity index (χ4n) is 2.45. The number of likely N-dealkylation sites (N-methyl/N-ethyl adjacent to an activating group) is 2. The Bertz CT molecular complexity index is 897. The molecule has 22 heteroatoms. The zero-order valence-electron chi connectivity index (χ0n) is 18.4. The van der Waals surface area contributed by atoms with Crippen molar-refractivity contribution < 1.29 is 83.1 Å². The molecule has 37 heavy (non-hydrogen) atoms. The van der Waals surface area contributed by atoms with E-state index < -0.39 is 74.4 Å². The summed E-state index contributed by atoms with van der Waals surface area (Å²) in [6, 6.07) is 0. The first-order valence-electron chi connectivity index (χ1n) is 9.31. The summed E-state index contributed by atoms with van der Waals surface area (Å²) in [4.78, 5) is 1.23. The smallest absolute Gasteiger partial charge is 0.303 e. The van der Waals surface area contributed by atoms with E-state index in [2.05, 4.69) is 0 Å². The van der Waals surface area contributed by atoms with E-state index in [9.17, 15) is 83.1 Å². The van der Waals surface area contributed by atoms with Gasteiger partial charge in [-0.25, -0.2) is 8.42 Å². The molecule has 0 spiro atoms. The van der Waals surface area contributed by atoms with Crippen LogP contribution in [0.1, 0.15) is 13.8 Å². The first-order valence-corrected chi connectivity index (χ1v) is 10.7. The molecule has 0 radical (unpaired) electrons. The van der Waals surface area contributed by atoms with Gasteiger partial charge in [-0.1, -0.05) is 13.8 Å². The Morgan fingerprint density at radius 2 is 0.811 bits per heavy atom. The Morgan fingerprint density at radius 1 is 0.514 bits per heavy atom. The number of rotatable bonds is 13. The molecule has 0 aromatic carbocycles. The van der Waals surface area contributed by atoms with Gasteiger partial charge in [0.15, 0.2) is 0 Å². The van der Waals surface area contributed by atoms with Gasteiger partial charge in [0.25, 0.3) is 10.0 Å². The molecule has 0 aromatic heterocycles. The molecule has 0 aromatic rings. The molecule has 4 nitrogen and oxygen atoms in total. The minimum Gasteiger partial charge on any atom is -0.303 e. The highest BCUT2D eigenvalue weighted by molar-refractivity contribution is 7.90. The number of halogens is 17. The van der Waals surface area contributed by atoms with Crippen molar-refractivity contribution in [1.29, 1.82) is 0 Å². The van der Waals surface area contributed by atoms with Crippen LogP contribution in [0, 0.1) is 0 Å². The first-order chi connectivity index (χ1) is 15.9. The van der Waals surface area contributed by atoms with E-state index in [1.165, 1.54) is 18.7 Å². The van der Waals surface area contributed by atoms with Gasteiger partial charge in [0.05, 0.1) is 0 Å². The van der Waals surface area contributed by atoms with Crippen LogP contribution >= 0.6 is 0 Å². The van der Waals surface area contributed by atoms with E-state index in [1.54, 1.807) is 0 Å². The van der Waals surface area contributed by atoms with E-state index in [0.29, 0.717) is 0 Å². The molecule has 0 heterocycles. The Labute approximate surface area is 197 Å². The van der Waals surface area contributed by atoms with Crippen LogP contribution in [-0.2, 0) is 10.0 Å². The highest BCUT2D eigenvalue weighted by Gasteiger charge is 2.96. The lowest BCUT2D eigenvalue weighted by Crippen LogP contribution is -2.75. The molecule has 0 aliphatic heterocycles. The first kappa shape index (κ1) is 35.7. The summed E-state index contributed by atoms with van der Waals surface area (Å²) >= 11 is 0. The molecule has 0 fully saturated rings. The summed E-state index contributed by atoms with van der Waals surface area (Å²) in [5, 5.41) is -7.52. The van der Waals surface area contributed by atoms with E-state index in [-0.39, 0.29) is 20.1 Å². The number of hydrogen-bond acceptors (Lipinski definition) is 3. The van der Waals surface area contributed by atoms with E-state index >= 15 is 0 Å². The summed E-state index contributed by atoms with van der Waals surface area (Å²) in [5.41, 5.74) is 0. The molecule has 0 atom stereocenters. The zero-order chi connectivity index (χ0) is 30.5. The molecule has 0 aliphatic carbocycles. The predicted molar refractivity (Wildman–Crippen MR) is 90.0 cm³/mol. The average molecular weight is 612 g/mol. The molecule has 0 bridgehead atoms. The van der Waals surface area contributed by atoms with Gasteiger partial charge in [-0.05, 0) is 13.1 Å². The van der Waals surface area contributed by atoms with Crippen LogP contribution in [0.4, 0.5) is 74.6 Å².